The topological polar surface area (TPSA) is 3.24 Å². The fourth-order valence-electron chi connectivity index (χ4n) is 7.50. The first kappa shape index (κ1) is 30.4. The zero-order valence-corrected chi connectivity index (χ0v) is 29.2. The van der Waals surface area contributed by atoms with Gasteiger partial charge in [0, 0.05) is 37.2 Å². The number of anilines is 3. The van der Waals surface area contributed by atoms with Crippen LogP contribution < -0.4 is 4.90 Å². The second-order valence-corrected chi connectivity index (χ2v) is 14.5. The summed E-state index contributed by atoms with van der Waals surface area (Å²) in [7, 11) is 0. The van der Waals surface area contributed by atoms with Crippen LogP contribution in [0.15, 0.2) is 200 Å². The number of nitrogens with zero attached hydrogens (tertiary/aromatic N) is 1. The van der Waals surface area contributed by atoms with Gasteiger partial charge in [-0.3, -0.25) is 0 Å². The number of hydrogen-bond donors (Lipinski definition) is 0. The highest BCUT2D eigenvalue weighted by Crippen LogP contribution is 2.40. The summed E-state index contributed by atoms with van der Waals surface area (Å²) in [5.74, 6) is 0. The summed E-state index contributed by atoms with van der Waals surface area (Å²) >= 11 is 1.87. The predicted molar refractivity (Wildman–Crippen MR) is 225 cm³/mol. The second-order valence-electron chi connectivity index (χ2n) is 13.4. The SMILES string of the molecule is c1ccc(-c2ccc(N(c3ccc(-c4ccc5ccccc5c4)cc3)c3ccc(-c4ccc5cc6c(cc5c4)sc4ccccc46)cc3)cc2)cc1. The van der Waals surface area contributed by atoms with E-state index in [1.807, 2.05) is 11.3 Å². The summed E-state index contributed by atoms with van der Waals surface area (Å²) in [5.41, 5.74) is 10.6. The van der Waals surface area contributed by atoms with Crippen molar-refractivity contribution >= 4 is 70.1 Å². The first-order valence-electron chi connectivity index (χ1n) is 17.7. The fourth-order valence-corrected chi connectivity index (χ4v) is 8.64. The van der Waals surface area contributed by atoms with Crippen molar-refractivity contribution in [1.82, 2.24) is 0 Å². The summed E-state index contributed by atoms with van der Waals surface area (Å²) in [4.78, 5) is 2.35. The van der Waals surface area contributed by atoms with Gasteiger partial charge in [0.15, 0.2) is 0 Å². The third-order valence-electron chi connectivity index (χ3n) is 10.2. The Labute approximate surface area is 307 Å². The van der Waals surface area contributed by atoms with Crippen LogP contribution in [0.25, 0.3) is 75.1 Å². The molecule has 1 heterocycles. The van der Waals surface area contributed by atoms with Crippen LogP contribution in [0.4, 0.5) is 17.1 Å². The third kappa shape index (κ3) is 5.51. The van der Waals surface area contributed by atoms with Crippen molar-refractivity contribution < 1.29 is 0 Å². The molecule has 0 bridgehead atoms. The molecule has 1 nitrogen and oxygen atoms in total. The Morgan fingerprint density at radius 3 is 1.38 bits per heavy atom. The van der Waals surface area contributed by atoms with E-state index in [0.717, 1.165) is 17.1 Å². The first-order valence-corrected chi connectivity index (χ1v) is 18.6. The lowest BCUT2D eigenvalue weighted by Gasteiger charge is -2.26. The van der Waals surface area contributed by atoms with Crippen molar-refractivity contribution in [2.24, 2.45) is 0 Å². The van der Waals surface area contributed by atoms with E-state index in [1.165, 1.54) is 75.1 Å². The van der Waals surface area contributed by atoms with E-state index in [-0.39, 0.29) is 0 Å². The van der Waals surface area contributed by atoms with E-state index in [1.54, 1.807) is 0 Å². The molecule has 0 atom stereocenters. The van der Waals surface area contributed by atoms with Crippen LogP contribution >= 0.6 is 11.3 Å². The Bertz CT molecular complexity index is 2870. The van der Waals surface area contributed by atoms with E-state index >= 15 is 0 Å². The fraction of sp³-hybridized carbons (Fsp3) is 0. The lowest BCUT2D eigenvalue weighted by Crippen LogP contribution is -2.09. The monoisotopic (exact) mass is 679 g/mol. The molecule has 0 N–H and O–H groups in total. The molecule has 10 aromatic rings. The largest absolute Gasteiger partial charge is 0.311 e. The maximum atomic E-state index is 2.36. The number of benzene rings is 9. The smallest absolute Gasteiger partial charge is 0.0462 e. The third-order valence-corrected chi connectivity index (χ3v) is 11.4. The molecule has 0 aliphatic rings. The molecule has 2 heteroatoms. The maximum Gasteiger partial charge on any atom is 0.0462 e. The van der Waals surface area contributed by atoms with E-state index in [2.05, 4.69) is 205 Å². The molecular weight excluding hydrogens is 647 g/mol. The van der Waals surface area contributed by atoms with Crippen LogP contribution in [0, 0.1) is 0 Å². The van der Waals surface area contributed by atoms with Crippen LogP contribution in [0.2, 0.25) is 0 Å². The van der Waals surface area contributed by atoms with E-state index < -0.39 is 0 Å². The maximum absolute atomic E-state index is 2.36. The van der Waals surface area contributed by atoms with Crippen molar-refractivity contribution in [3.05, 3.63) is 200 Å². The van der Waals surface area contributed by atoms with Crippen molar-refractivity contribution in [1.29, 1.82) is 0 Å². The highest BCUT2D eigenvalue weighted by molar-refractivity contribution is 7.25. The second kappa shape index (κ2) is 12.7. The first-order chi connectivity index (χ1) is 25.7. The normalized spacial score (nSPS) is 11.5. The van der Waals surface area contributed by atoms with Gasteiger partial charge in [-0.05, 0) is 122 Å². The van der Waals surface area contributed by atoms with Gasteiger partial charge >= 0.3 is 0 Å². The molecule has 10 rings (SSSR count). The zero-order valence-electron chi connectivity index (χ0n) is 28.4. The summed E-state index contributed by atoms with van der Waals surface area (Å²) in [6.45, 7) is 0. The molecule has 0 radical (unpaired) electrons. The molecule has 0 fully saturated rings. The highest BCUT2D eigenvalue weighted by Gasteiger charge is 2.15. The molecule has 0 saturated carbocycles. The summed E-state index contributed by atoms with van der Waals surface area (Å²) in [6.07, 6.45) is 0. The molecular formula is C50H33NS. The quantitative estimate of drug-likeness (QED) is 0.169. The van der Waals surface area contributed by atoms with Gasteiger partial charge in [0.25, 0.3) is 0 Å². The number of thiophene rings is 1. The standard InChI is InChI=1S/C50H33NS/c1-2-8-34(9-3-1)36-18-24-44(25-19-36)51(45-26-20-37(21-27-45)40-15-14-35-10-4-5-11-39(35)30-40)46-28-22-38(23-29-46)41-16-17-42-32-48-47-12-6-7-13-49(47)52-50(48)33-43(42)31-41/h1-33H. The Kier molecular flexibility index (Phi) is 7.41. The van der Waals surface area contributed by atoms with E-state index in [0.29, 0.717) is 0 Å². The van der Waals surface area contributed by atoms with Gasteiger partial charge in [-0.25, -0.2) is 0 Å². The van der Waals surface area contributed by atoms with E-state index in [9.17, 15) is 0 Å². The summed E-state index contributed by atoms with van der Waals surface area (Å²) in [5, 5.41) is 7.73. The molecule has 1 aromatic heterocycles. The van der Waals surface area contributed by atoms with Crippen LogP contribution in [0.1, 0.15) is 0 Å². The lowest BCUT2D eigenvalue weighted by atomic mass is 9.99. The van der Waals surface area contributed by atoms with Crippen molar-refractivity contribution in [3.8, 4) is 33.4 Å². The van der Waals surface area contributed by atoms with Gasteiger partial charge in [0.05, 0.1) is 0 Å². The Hall–Kier alpha value is -6.48. The Balaban J connectivity index is 1.01. The minimum Gasteiger partial charge on any atom is -0.311 e. The van der Waals surface area contributed by atoms with Gasteiger partial charge in [-0.15, -0.1) is 11.3 Å². The van der Waals surface area contributed by atoms with Crippen molar-refractivity contribution in [2.45, 2.75) is 0 Å². The van der Waals surface area contributed by atoms with Crippen LogP contribution in [0.5, 0.6) is 0 Å². The number of rotatable bonds is 6. The molecule has 52 heavy (non-hydrogen) atoms. The summed E-state index contributed by atoms with van der Waals surface area (Å²) in [6, 6.07) is 72.9. The van der Waals surface area contributed by atoms with Gasteiger partial charge in [-0.2, -0.15) is 0 Å². The van der Waals surface area contributed by atoms with Crippen LogP contribution in [0.3, 0.4) is 0 Å². The van der Waals surface area contributed by atoms with Gasteiger partial charge in [0.2, 0.25) is 0 Å². The molecule has 0 aliphatic carbocycles. The number of fused-ring (bicyclic) bond motifs is 5. The van der Waals surface area contributed by atoms with Crippen molar-refractivity contribution in [3.63, 3.8) is 0 Å². The molecule has 0 unspecified atom stereocenters. The summed E-state index contributed by atoms with van der Waals surface area (Å²) < 4.78 is 2.67. The molecule has 0 aliphatic heterocycles. The number of hydrogen-bond acceptors (Lipinski definition) is 2. The van der Waals surface area contributed by atoms with Gasteiger partial charge < -0.3 is 4.90 Å². The van der Waals surface area contributed by atoms with Gasteiger partial charge in [0.1, 0.15) is 0 Å². The zero-order chi connectivity index (χ0) is 34.4. The molecule has 0 amide bonds. The van der Waals surface area contributed by atoms with Gasteiger partial charge in [-0.1, -0.05) is 133 Å². The Morgan fingerprint density at radius 1 is 0.269 bits per heavy atom. The van der Waals surface area contributed by atoms with Crippen molar-refractivity contribution in [2.75, 3.05) is 4.90 Å². The highest BCUT2D eigenvalue weighted by atomic mass is 32.1. The molecule has 0 saturated heterocycles. The average molecular weight is 680 g/mol. The van der Waals surface area contributed by atoms with E-state index in [4.69, 9.17) is 0 Å². The molecule has 0 spiro atoms. The molecule has 9 aromatic carbocycles. The lowest BCUT2D eigenvalue weighted by molar-refractivity contribution is 1.28. The van der Waals surface area contributed by atoms with Crippen LogP contribution in [-0.4, -0.2) is 0 Å². The molecule has 244 valence electrons. The minimum absolute atomic E-state index is 1.11. The van der Waals surface area contributed by atoms with Crippen LogP contribution in [-0.2, 0) is 0 Å². The minimum atomic E-state index is 1.11. The Morgan fingerprint density at radius 2 is 0.731 bits per heavy atom. The predicted octanol–water partition coefficient (Wildman–Crippen LogP) is 14.8. The average Bonchev–Trinajstić information content (AvgIpc) is 3.58.